The van der Waals surface area contributed by atoms with Gasteiger partial charge in [0.25, 0.3) is 5.91 Å². The number of aromatic nitrogens is 2. The van der Waals surface area contributed by atoms with Crippen molar-refractivity contribution in [1.29, 1.82) is 0 Å². The van der Waals surface area contributed by atoms with Crippen molar-refractivity contribution in [1.82, 2.24) is 19.8 Å². The van der Waals surface area contributed by atoms with Crippen molar-refractivity contribution in [2.24, 2.45) is 0 Å². The molecule has 0 bridgehead atoms. The maximum absolute atomic E-state index is 13.2. The first-order chi connectivity index (χ1) is 15.9. The average molecular weight is 492 g/mol. The summed E-state index contributed by atoms with van der Waals surface area (Å²) >= 11 is 12.1. The van der Waals surface area contributed by atoms with Crippen molar-refractivity contribution in [3.05, 3.63) is 51.4 Å². The largest absolute Gasteiger partial charge is 0.393 e. The Morgan fingerprint density at radius 1 is 1.09 bits per heavy atom. The van der Waals surface area contributed by atoms with Gasteiger partial charge in [-0.15, -0.1) is 0 Å². The third-order valence-corrected chi connectivity index (χ3v) is 7.47. The van der Waals surface area contributed by atoms with Gasteiger partial charge in [-0.2, -0.15) is 0 Å². The van der Waals surface area contributed by atoms with Crippen molar-refractivity contribution in [3.63, 3.8) is 0 Å². The average Bonchev–Trinajstić information content (AvgIpc) is 3.04. The number of piperidine rings is 1. The fourth-order valence-corrected chi connectivity index (χ4v) is 5.05. The minimum atomic E-state index is -0.170. The van der Waals surface area contributed by atoms with Gasteiger partial charge in [-0.3, -0.25) is 4.79 Å². The Morgan fingerprint density at radius 2 is 1.88 bits per heavy atom. The lowest BCUT2D eigenvalue weighted by Crippen LogP contribution is -2.47. The van der Waals surface area contributed by atoms with Gasteiger partial charge in [0.1, 0.15) is 17.8 Å². The predicted octanol–water partition coefficient (Wildman–Crippen LogP) is 4.16. The number of anilines is 1. The van der Waals surface area contributed by atoms with Crippen LogP contribution in [0.25, 0.3) is 0 Å². The Labute approximate surface area is 205 Å². The molecule has 2 aliphatic heterocycles. The zero-order valence-corrected chi connectivity index (χ0v) is 20.4. The van der Waals surface area contributed by atoms with Crippen LogP contribution in [0.4, 0.5) is 5.82 Å². The number of benzene rings is 1. The third-order valence-electron chi connectivity index (χ3n) is 6.73. The van der Waals surface area contributed by atoms with E-state index in [1.165, 1.54) is 6.33 Å². The minimum Gasteiger partial charge on any atom is -0.393 e. The SMILES string of the molecule is Cc1c(NCc2ccc(Cl)c(Cl)c2)ncnc1C(=O)N1CCC(N2CCCC(O)CC2)CC1. The van der Waals surface area contributed by atoms with Crippen LogP contribution >= 0.6 is 23.2 Å². The van der Waals surface area contributed by atoms with Crippen LogP contribution in [-0.2, 0) is 6.54 Å². The van der Waals surface area contributed by atoms with E-state index in [1.54, 1.807) is 6.07 Å². The lowest BCUT2D eigenvalue weighted by atomic mass is 10.0. The summed E-state index contributed by atoms with van der Waals surface area (Å²) < 4.78 is 0. The second kappa shape index (κ2) is 11.0. The van der Waals surface area contributed by atoms with E-state index in [1.807, 2.05) is 24.0 Å². The Bertz CT molecular complexity index is 981. The highest BCUT2D eigenvalue weighted by atomic mass is 35.5. The Morgan fingerprint density at radius 3 is 2.64 bits per heavy atom. The molecule has 2 aliphatic rings. The summed E-state index contributed by atoms with van der Waals surface area (Å²) in [4.78, 5) is 26.3. The Balaban J connectivity index is 1.36. The van der Waals surface area contributed by atoms with E-state index in [4.69, 9.17) is 23.2 Å². The van der Waals surface area contributed by atoms with E-state index in [0.29, 0.717) is 34.1 Å². The number of nitrogens with one attached hydrogen (secondary N) is 1. The van der Waals surface area contributed by atoms with Gasteiger partial charge in [0.05, 0.1) is 16.1 Å². The molecule has 2 saturated heterocycles. The van der Waals surface area contributed by atoms with E-state index in [9.17, 15) is 9.90 Å². The third kappa shape index (κ3) is 5.96. The molecule has 0 spiro atoms. The number of carbonyl (C=O) groups excluding carboxylic acids is 1. The number of amides is 1. The molecule has 1 amide bonds. The highest BCUT2D eigenvalue weighted by Crippen LogP contribution is 2.25. The maximum Gasteiger partial charge on any atom is 0.272 e. The molecule has 178 valence electrons. The molecule has 0 aliphatic carbocycles. The lowest BCUT2D eigenvalue weighted by Gasteiger charge is -2.38. The number of aliphatic hydroxyl groups is 1. The number of hydrogen-bond donors (Lipinski definition) is 2. The number of nitrogens with zero attached hydrogens (tertiary/aromatic N) is 4. The minimum absolute atomic E-state index is 0.0442. The highest BCUT2D eigenvalue weighted by molar-refractivity contribution is 6.42. The van der Waals surface area contributed by atoms with Crippen molar-refractivity contribution in [2.75, 3.05) is 31.5 Å². The molecule has 0 saturated carbocycles. The number of halogens is 2. The fourth-order valence-electron chi connectivity index (χ4n) is 4.73. The van der Waals surface area contributed by atoms with Crippen LogP contribution in [0, 0.1) is 6.92 Å². The quantitative estimate of drug-likeness (QED) is 0.653. The van der Waals surface area contributed by atoms with Gasteiger partial charge in [0.2, 0.25) is 0 Å². The maximum atomic E-state index is 13.2. The molecule has 9 heteroatoms. The predicted molar refractivity (Wildman–Crippen MR) is 131 cm³/mol. The monoisotopic (exact) mass is 491 g/mol. The summed E-state index contributed by atoms with van der Waals surface area (Å²) in [6, 6.07) is 5.96. The van der Waals surface area contributed by atoms with Crippen LogP contribution in [0.5, 0.6) is 0 Å². The van der Waals surface area contributed by atoms with Gasteiger partial charge >= 0.3 is 0 Å². The van der Waals surface area contributed by atoms with Crippen molar-refractivity contribution < 1.29 is 9.90 Å². The summed E-state index contributed by atoms with van der Waals surface area (Å²) in [5, 5.41) is 14.2. The summed E-state index contributed by atoms with van der Waals surface area (Å²) in [7, 11) is 0. The normalized spacial score (nSPS) is 20.5. The molecule has 1 atom stereocenters. The molecule has 0 radical (unpaired) electrons. The van der Waals surface area contributed by atoms with E-state index in [-0.39, 0.29) is 12.0 Å². The summed E-state index contributed by atoms with van der Waals surface area (Å²) in [5.41, 5.74) is 2.16. The first-order valence-electron chi connectivity index (χ1n) is 11.6. The topological polar surface area (TPSA) is 81.6 Å². The molecule has 2 N–H and O–H groups in total. The van der Waals surface area contributed by atoms with Crippen LogP contribution < -0.4 is 5.32 Å². The second-order valence-electron chi connectivity index (χ2n) is 8.94. The van der Waals surface area contributed by atoms with E-state index in [2.05, 4.69) is 20.2 Å². The second-order valence-corrected chi connectivity index (χ2v) is 9.76. The molecular weight excluding hydrogens is 461 g/mol. The zero-order chi connectivity index (χ0) is 23.4. The van der Waals surface area contributed by atoms with Crippen LogP contribution in [0.1, 0.15) is 53.7 Å². The van der Waals surface area contributed by atoms with Crippen LogP contribution in [0.2, 0.25) is 10.0 Å². The molecular formula is C24H31Cl2N5O2. The Hall–Kier alpha value is -1.93. The van der Waals surface area contributed by atoms with E-state index < -0.39 is 0 Å². The number of aliphatic hydroxyl groups excluding tert-OH is 1. The van der Waals surface area contributed by atoms with Crippen molar-refractivity contribution in [3.8, 4) is 0 Å². The molecule has 2 aromatic rings. The molecule has 1 aromatic carbocycles. The standard InChI is InChI=1S/C24H31Cl2N5O2/c1-16-22(28-15-29-23(16)27-14-17-4-5-20(25)21(26)13-17)24(33)31-10-6-18(7-11-31)30-9-2-3-19(32)8-12-30/h4-5,13,15,18-19,32H,2-3,6-12,14H2,1H3,(H,27,28,29). The number of hydrogen-bond acceptors (Lipinski definition) is 6. The Kier molecular flexibility index (Phi) is 8.07. The smallest absolute Gasteiger partial charge is 0.272 e. The van der Waals surface area contributed by atoms with Crippen LogP contribution in [0.15, 0.2) is 24.5 Å². The lowest BCUT2D eigenvalue weighted by molar-refractivity contribution is 0.0611. The summed E-state index contributed by atoms with van der Waals surface area (Å²) in [6.07, 6.45) is 5.95. The summed E-state index contributed by atoms with van der Waals surface area (Å²) in [5.74, 6) is 0.592. The highest BCUT2D eigenvalue weighted by Gasteiger charge is 2.30. The molecule has 4 rings (SSSR count). The molecule has 3 heterocycles. The first-order valence-corrected chi connectivity index (χ1v) is 12.4. The number of carbonyl (C=O) groups is 1. The summed E-state index contributed by atoms with van der Waals surface area (Å²) in [6.45, 7) is 5.81. The number of likely N-dealkylation sites (tertiary alicyclic amines) is 2. The van der Waals surface area contributed by atoms with Crippen LogP contribution in [-0.4, -0.2) is 69.1 Å². The van der Waals surface area contributed by atoms with Gasteiger partial charge in [0, 0.05) is 37.8 Å². The van der Waals surface area contributed by atoms with Gasteiger partial charge in [-0.05, 0) is 63.3 Å². The van der Waals surface area contributed by atoms with Crippen molar-refractivity contribution >= 4 is 34.9 Å². The molecule has 1 unspecified atom stereocenters. The van der Waals surface area contributed by atoms with Gasteiger partial charge in [-0.1, -0.05) is 29.3 Å². The first kappa shape index (κ1) is 24.2. The fraction of sp³-hybridized carbons (Fsp3) is 0.542. The van der Waals surface area contributed by atoms with E-state index in [0.717, 1.165) is 69.4 Å². The molecule has 1 aromatic heterocycles. The van der Waals surface area contributed by atoms with Gasteiger partial charge < -0.3 is 20.2 Å². The van der Waals surface area contributed by atoms with Gasteiger partial charge in [0.15, 0.2) is 0 Å². The molecule has 7 nitrogen and oxygen atoms in total. The van der Waals surface area contributed by atoms with Gasteiger partial charge in [-0.25, -0.2) is 9.97 Å². The van der Waals surface area contributed by atoms with Crippen LogP contribution in [0.3, 0.4) is 0 Å². The number of rotatable bonds is 5. The van der Waals surface area contributed by atoms with Crippen molar-refractivity contribution in [2.45, 2.75) is 57.7 Å². The zero-order valence-electron chi connectivity index (χ0n) is 18.9. The molecule has 2 fully saturated rings. The van der Waals surface area contributed by atoms with E-state index >= 15 is 0 Å². The molecule has 33 heavy (non-hydrogen) atoms.